The molecule has 0 aliphatic heterocycles. The molecule has 96 valence electrons. The van der Waals surface area contributed by atoms with Crippen molar-refractivity contribution < 1.29 is 14.7 Å². The number of carboxylic acid groups (broad SMARTS) is 1. The Labute approximate surface area is 102 Å². The van der Waals surface area contributed by atoms with Gasteiger partial charge in [0, 0.05) is 13.0 Å². The highest BCUT2D eigenvalue weighted by Crippen LogP contribution is 1.97. The molecule has 0 aromatic heterocycles. The molecule has 6 heteroatoms. The van der Waals surface area contributed by atoms with E-state index in [1.54, 1.807) is 0 Å². The van der Waals surface area contributed by atoms with Gasteiger partial charge in [-0.1, -0.05) is 13.8 Å². The molecule has 0 aromatic rings. The van der Waals surface area contributed by atoms with Gasteiger partial charge in [0.15, 0.2) is 0 Å². The Hall–Kier alpha value is -0.810. The van der Waals surface area contributed by atoms with Gasteiger partial charge >= 0.3 is 5.97 Å². The third-order valence-corrected chi connectivity index (χ3v) is 1.98. The fourth-order valence-electron chi connectivity index (χ4n) is 1.19. The lowest BCUT2D eigenvalue weighted by Gasteiger charge is -2.12. The minimum absolute atomic E-state index is 0. The van der Waals surface area contributed by atoms with Crippen LogP contribution < -0.4 is 10.6 Å². The summed E-state index contributed by atoms with van der Waals surface area (Å²) in [7, 11) is 0. The number of halogens is 1. The summed E-state index contributed by atoms with van der Waals surface area (Å²) in [5.74, 6) is -0.985. The zero-order valence-electron chi connectivity index (χ0n) is 9.78. The molecule has 5 nitrogen and oxygen atoms in total. The number of rotatable bonds is 8. The SMILES string of the molecule is CCCNC(=O)CC[C@H](NCC)C(=O)O.Cl. The number of carbonyl (C=O) groups excluding carboxylic acids is 1. The number of carboxylic acids is 1. The fraction of sp³-hybridized carbons (Fsp3) is 0.800. The van der Waals surface area contributed by atoms with Crippen LogP contribution in [0.4, 0.5) is 0 Å². The van der Waals surface area contributed by atoms with Crippen LogP contribution in [0.3, 0.4) is 0 Å². The van der Waals surface area contributed by atoms with Gasteiger partial charge in [-0.2, -0.15) is 0 Å². The van der Waals surface area contributed by atoms with E-state index in [4.69, 9.17) is 5.11 Å². The fourth-order valence-corrected chi connectivity index (χ4v) is 1.19. The van der Waals surface area contributed by atoms with E-state index in [2.05, 4.69) is 10.6 Å². The molecule has 0 heterocycles. The van der Waals surface area contributed by atoms with Crippen LogP contribution in [0.25, 0.3) is 0 Å². The van der Waals surface area contributed by atoms with Crippen molar-refractivity contribution in [1.82, 2.24) is 10.6 Å². The predicted octanol–water partition coefficient (Wildman–Crippen LogP) is 0.777. The number of amides is 1. The number of hydrogen-bond acceptors (Lipinski definition) is 3. The topological polar surface area (TPSA) is 78.4 Å². The van der Waals surface area contributed by atoms with Crippen molar-refractivity contribution in [2.24, 2.45) is 0 Å². The van der Waals surface area contributed by atoms with Crippen molar-refractivity contribution in [2.75, 3.05) is 13.1 Å². The lowest BCUT2D eigenvalue weighted by Crippen LogP contribution is -2.37. The molecule has 0 fully saturated rings. The average Bonchev–Trinajstić information content (AvgIpc) is 2.20. The largest absolute Gasteiger partial charge is 0.480 e. The van der Waals surface area contributed by atoms with E-state index in [0.717, 1.165) is 6.42 Å². The third-order valence-electron chi connectivity index (χ3n) is 1.98. The van der Waals surface area contributed by atoms with Crippen molar-refractivity contribution >= 4 is 24.3 Å². The second-order valence-electron chi connectivity index (χ2n) is 3.34. The molecule has 0 saturated carbocycles. The zero-order valence-corrected chi connectivity index (χ0v) is 10.6. The molecule has 3 N–H and O–H groups in total. The van der Waals surface area contributed by atoms with Crippen molar-refractivity contribution in [3.05, 3.63) is 0 Å². The van der Waals surface area contributed by atoms with E-state index in [1.807, 2.05) is 13.8 Å². The summed E-state index contributed by atoms with van der Waals surface area (Å²) in [5.41, 5.74) is 0. The van der Waals surface area contributed by atoms with Gasteiger partial charge in [-0.3, -0.25) is 9.59 Å². The Morgan fingerprint density at radius 3 is 2.38 bits per heavy atom. The molecule has 0 bridgehead atoms. The van der Waals surface area contributed by atoms with Gasteiger partial charge in [0.25, 0.3) is 0 Å². The van der Waals surface area contributed by atoms with Gasteiger partial charge in [-0.15, -0.1) is 12.4 Å². The first kappa shape index (κ1) is 17.6. The monoisotopic (exact) mass is 252 g/mol. The minimum Gasteiger partial charge on any atom is -0.480 e. The molecule has 1 atom stereocenters. The highest BCUT2D eigenvalue weighted by atomic mass is 35.5. The van der Waals surface area contributed by atoms with E-state index in [0.29, 0.717) is 19.5 Å². The smallest absolute Gasteiger partial charge is 0.320 e. The summed E-state index contributed by atoms with van der Waals surface area (Å²) in [6.45, 7) is 5.05. The summed E-state index contributed by atoms with van der Waals surface area (Å²) in [6, 6.07) is -0.623. The lowest BCUT2D eigenvalue weighted by molar-refractivity contribution is -0.139. The van der Waals surface area contributed by atoms with Crippen LogP contribution in [0.1, 0.15) is 33.1 Å². The number of aliphatic carboxylic acids is 1. The molecule has 0 unspecified atom stereocenters. The van der Waals surface area contributed by atoms with E-state index < -0.39 is 12.0 Å². The molecule has 1 amide bonds. The van der Waals surface area contributed by atoms with Crippen LogP contribution in [0.2, 0.25) is 0 Å². The first-order valence-electron chi connectivity index (χ1n) is 5.34. The molecule has 0 aromatic carbocycles. The third kappa shape index (κ3) is 8.49. The van der Waals surface area contributed by atoms with E-state index >= 15 is 0 Å². The van der Waals surface area contributed by atoms with Crippen molar-refractivity contribution in [3.63, 3.8) is 0 Å². The van der Waals surface area contributed by atoms with Crippen molar-refractivity contribution in [3.8, 4) is 0 Å². The Morgan fingerprint density at radius 1 is 1.31 bits per heavy atom. The Balaban J connectivity index is 0. The number of carbonyl (C=O) groups is 2. The average molecular weight is 253 g/mol. The summed E-state index contributed by atoms with van der Waals surface area (Å²) in [6.07, 6.45) is 1.48. The van der Waals surface area contributed by atoms with Gasteiger partial charge in [-0.25, -0.2) is 0 Å². The van der Waals surface area contributed by atoms with Crippen LogP contribution in [0.5, 0.6) is 0 Å². The van der Waals surface area contributed by atoms with Gasteiger partial charge < -0.3 is 15.7 Å². The summed E-state index contributed by atoms with van der Waals surface area (Å²) in [4.78, 5) is 21.9. The number of likely N-dealkylation sites (N-methyl/N-ethyl adjacent to an activating group) is 1. The molecule has 0 saturated heterocycles. The van der Waals surface area contributed by atoms with E-state index in [-0.39, 0.29) is 24.7 Å². The molecule has 0 rings (SSSR count). The first-order valence-corrected chi connectivity index (χ1v) is 5.34. The number of nitrogens with one attached hydrogen (secondary N) is 2. The second-order valence-corrected chi connectivity index (χ2v) is 3.34. The second kappa shape index (κ2) is 10.7. The molecule has 0 aliphatic rings. The first-order chi connectivity index (χ1) is 7.11. The highest BCUT2D eigenvalue weighted by molar-refractivity contribution is 5.85. The molecule has 0 radical (unpaired) electrons. The van der Waals surface area contributed by atoms with E-state index in [1.165, 1.54) is 0 Å². The molecule has 0 aliphatic carbocycles. The Bertz CT molecular complexity index is 212. The van der Waals surface area contributed by atoms with E-state index in [9.17, 15) is 9.59 Å². The van der Waals surface area contributed by atoms with Crippen LogP contribution >= 0.6 is 12.4 Å². The number of hydrogen-bond donors (Lipinski definition) is 3. The summed E-state index contributed by atoms with van der Waals surface area (Å²) >= 11 is 0. The maximum atomic E-state index is 11.2. The molecular weight excluding hydrogens is 232 g/mol. The predicted molar refractivity (Wildman–Crippen MR) is 64.9 cm³/mol. The molecule has 16 heavy (non-hydrogen) atoms. The standard InChI is InChI=1S/C10H20N2O3.ClH/c1-3-7-12-9(13)6-5-8(10(14)15)11-4-2;/h8,11H,3-7H2,1-2H3,(H,12,13)(H,14,15);1H/t8-;/m0./s1. The van der Waals surface area contributed by atoms with Gasteiger partial charge in [-0.05, 0) is 19.4 Å². The summed E-state index contributed by atoms with van der Waals surface area (Å²) in [5, 5.41) is 14.3. The van der Waals surface area contributed by atoms with Crippen molar-refractivity contribution in [1.29, 1.82) is 0 Å². The van der Waals surface area contributed by atoms with Crippen LogP contribution in [-0.4, -0.2) is 36.1 Å². The minimum atomic E-state index is -0.903. The maximum Gasteiger partial charge on any atom is 0.320 e. The zero-order chi connectivity index (χ0) is 11.7. The maximum absolute atomic E-state index is 11.2. The van der Waals surface area contributed by atoms with Crippen LogP contribution in [0.15, 0.2) is 0 Å². The molecule has 0 spiro atoms. The highest BCUT2D eigenvalue weighted by Gasteiger charge is 2.16. The van der Waals surface area contributed by atoms with Gasteiger partial charge in [0.1, 0.15) is 6.04 Å². The lowest BCUT2D eigenvalue weighted by atomic mass is 10.1. The Kier molecular flexibility index (Phi) is 11.8. The normalized spacial score (nSPS) is 11.4. The quantitative estimate of drug-likeness (QED) is 0.597. The van der Waals surface area contributed by atoms with Crippen LogP contribution in [-0.2, 0) is 9.59 Å². The molecular formula is C10H21ClN2O3. The van der Waals surface area contributed by atoms with Gasteiger partial charge in [0.05, 0.1) is 0 Å². The Morgan fingerprint density at radius 2 is 1.94 bits per heavy atom. The van der Waals surface area contributed by atoms with Gasteiger partial charge in [0.2, 0.25) is 5.91 Å². The summed E-state index contributed by atoms with van der Waals surface area (Å²) < 4.78 is 0. The van der Waals surface area contributed by atoms with Crippen LogP contribution in [0, 0.1) is 0 Å². The van der Waals surface area contributed by atoms with Crippen molar-refractivity contribution in [2.45, 2.75) is 39.2 Å².